The second-order valence-electron chi connectivity index (χ2n) is 3.68. The fourth-order valence-electron chi connectivity index (χ4n) is 1.65. The van der Waals surface area contributed by atoms with Gasteiger partial charge >= 0.3 is 0 Å². The number of aliphatic hydroxyl groups is 1. The van der Waals surface area contributed by atoms with Crippen LogP contribution in [-0.4, -0.2) is 24.6 Å². The van der Waals surface area contributed by atoms with Crippen LogP contribution in [0.2, 0.25) is 0 Å². The molecule has 0 radical (unpaired) electrons. The highest BCUT2D eigenvalue weighted by atomic mass is 16.3. The molecule has 4 nitrogen and oxygen atoms in total. The molecule has 0 saturated heterocycles. The van der Waals surface area contributed by atoms with E-state index in [1.807, 2.05) is 19.2 Å². The maximum absolute atomic E-state index is 11.2. The van der Waals surface area contributed by atoms with Crippen LogP contribution in [0.1, 0.15) is 18.6 Å². The molecule has 1 aliphatic rings. The standard InChI is InChI=1S/C11H14N2O2/c1-3-13(2)7-4-5-8-9(6-7)12-11(15)10(8)14/h4-6,10,14H,3H2,1-2H3,(H,12,15). The molecule has 2 rings (SSSR count). The summed E-state index contributed by atoms with van der Waals surface area (Å²) < 4.78 is 0. The van der Waals surface area contributed by atoms with Crippen LogP contribution in [0, 0.1) is 0 Å². The fourth-order valence-corrected chi connectivity index (χ4v) is 1.65. The van der Waals surface area contributed by atoms with Crippen LogP contribution in [0.25, 0.3) is 0 Å². The number of hydrogen-bond donors (Lipinski definition) is 2. The summed E-state index contributed by atoms with van der Waals surface area (Å²) in [5.74, 6) is -0.346. The molecule has 0 saturated carbocycles. The minimum atomic E-state index is -1.01. The van der Waals surface area contributed by atoms with Crippen molar-refractivity contribution in [3.8, 4) is 0 Å². The molecule has 1 amide bonds. The van der Waals surface area contributed by atoms with Gasteiger partial charge in [-0.2, -0.15) is 0 Å². The van der Waals surface area contributed by atoms with Crippen LogP contribution in [-0.2, 0) is 4.79 Å². The summed E-state index contributed by atoms with van der Waals surface area (Å²) in [5, 5.41) is 12.2. The Morgan fingerprint density at radius 3 is 2.93 bits per heavy atom. The number of rotatable bonds is 2. The van der Waals surface area contributed by atoms with E-state index in [0.29, 0.717) is 11.3 Å². The molecule has 1 heterocycles. The van der Waals surface area contributed by atoms with E-state index < -0.39 is 6.10 Å². The predicted octanol–water partition coefficient (Wildman–Crippen LogP) is 1.13. The van der Waals surface area contributed by atoms with Crippen molar-refractivity contribution in [3.05, 3.63) is 23.8 Å². The molecule has 0 bridgehead atoms. The van der Waals surface area contributed by atoms with Crippen LogP contribution in [0.15, 0.2) is 18.2 Å². The van der Waals surface area contributed by atoms with Gasteiger partial charge in [0.05, 0.1) is 0 Å². The molecular formula is C11H14N2O2. The Morgan fingerprint density at radius 2 is 2.27 bits per heavy atom. The highest BCUT2D eigenvalue weighted by Crippen LogP contribution is 2.33. The minimum absolute atomic E-state index is 0.346. The van der Waals surface area contributed by atoms with Crippen molar-refractivity contribution in [2.45, 2.75) is 13.0 Å². The highest BCUT2D eigenvalue weighted by molar-refractivity contribution is 6.02. The van der Waals surface area contributed by atoms with E-state index in [-0.39, 0.29) is 5.91 Å². The molecule has 4 heteroatoms. The topological polar surface area (TPSA) is 52.6 Å². The van der Waals surface area contributed by atoms with E-state index in [0.717, 1.165) is 12.2 Å². The lowest BCUT2D eigenvalue weighted by Crippen LogP contribution is -2.15. The SMILES string of the molecule is CCN(C)c1ccc2c(c1)NC(=O)C2O. The molecule has 1 aromatic carbocycles. The van der Waals surface area contributed by atoms with E-state index in [1.165, 1.54) is 0 Å². The zero-order valence-corrected chi connectivity index (χ0v) is 8.82. The second-order valence-corrected chi connectivity index (χ2v) is 3.68. The average Bonchev–Trinajstić information content (AvgIpc) is 2.53. The van der Waals surface area contributed by atoms with Crippen LogP contribution in [0.4, 0.5) is 11.4 Å². The minimum Gasteiger partial charge on any atom is -0.378 e. The van der Waals surface area contributed by atoms with Crippen molar-refractivity contribution >= 4 is 17.3 Å². The average molecular weight is 206 g/mol. The normalized spacial score (nSPS) is 18.6. The summed E-state index contributed by atoms with van der Waals surface area (Å²) in [6.07, 6.45) is -1.01. The first-order valence-corrected chi connectivity index (χ1v) is 4.97. The van der Waals surface area contributed by atoms with Crippen molar-refractivity contribution in [3.63, 3.8) is 0 Å². The maximum atomic E-state index is 11.2. The number of hydrogen-bond acceptors (Lipinski definition) is 3. The summed E-state index contributed by atoms with van der Waals surface area (Å²) >= 11 is 0. The number of benzene rings is 1. The molecule has 0 fully saturated rings. The second kappa shape index (κ2) is 3.55. The Kier molecular flexibility index (Phi) is 2.36. The summed E-state index contributed by atoms with van der Waals surface area (Å²) in [5.41, 5.74) is 2.41. The van der Waals surface area contributed by atoms with Crippen molar-refractivity contribution < 1.29 is 9.90 Å². The van der Waals surface area contributed by atoms with Crippen molar-refractivity contribution in [1.82, 2.24) is 0 Å². The van der Waals surface area contributed by atoms with Gasteiger partial charge in [0.25, 0.3) is 5.91 Å². The van der Waals surface area contributed by atoms with Crippen LogP contribution < -0.4 is 10.2 Å². The van der Waals surface area contributed by atoms with Crippen molar-refractivity contribution in [1.29, 1.82) is 0 Å². The zero-order chi connectivity index (χ0) is 11.0. The predicted molar refractivity (Wildman–Crippen MR) is 59.0 cm³/mol. The van der Waals surface area contributed by atoms with Gasteiger partial charge < -0.3 is 15.3 Å². The molecule has 80 valence electrons. The molecule has 0 aromatic heterocycles. The fraction of sp³-hybridized carbons (Fsp3) is 0.364. The molecule has 2 N–H and O–H groups in total. The van der Waals surface area contributed by atoms with Gasteiger partial charge in [0.1, 0.15) is 0 Å². The van der Waals surface area contributed by atoms with Gasteiger partial charge in [-0.05, 0) is 19.1 Å². The Labute approximate surface area is 88.5 Å². The summed E-state index contributed by atoms with van der Waals surface area (Å²) in [7, 11) is 1.98. The van der Waals surface area contributed by atoms with Crippen molar-refractivity contribution in [2.24, 2.45) is 0 Å². The number of carbonyl (C=O) groups is 1. The first kappa shape index (κ1) is 9.98. The number of amides is 1. The van der Waals surface area contributed by atoms with Crippen molar-refractivity contribution in [2.75, 3.05) is 23.8 Å². The number of aliphatic hydroxyl groups excluding tert-OH is 1. The van der Waals surface area contributed by atoms with E-state index in [2.05, 4.69) is 17.1 Å². The molecule has 0 spiro atoms. The number of fused-ring (bicyclic) bond motifs is 1. The third kappa shape index (κ3) is 1.57. The lowest BCUT2D eigenvalue weighted by Gasteiger charge is -2.17. The molecule has 1 aromatic rings. The van der Waals surface area contributed by atoms with Gasteiger partial charge in [0, 0.05) is 30.5 Å². The van der Waals surface area contributed by atoms with Crippen LogP contribution >= 0.6 is 0 Å². The van der Waals surface area contributed by atoms with Gasteiger partial charge in [0.15, 0.2) is 6.10 Å². The molecule has 1 aliphatic heterocycles. The molecule has 1 atom stereocenters. The molecular weight excluding hydrogens is 192 g/mol. The molecule has 15 heavy (non-hydrogen) atoms. The van der Waals surface area contributed by atoms with Gasteiger partial charge in [0.2, 0.25) is 0 Å². The van der Waals surface area contributed by atoms with Crippen LogP contribution in [0.5, 0.6) is 0 Å². The van der Waals surface area contributed by atoms with Crippen LogP contribution in [0.3, 0.4) is 0 Å². The first-order valence-electron chi connectivity index (χ1n) is 4.97. The van der Waals surface area contributed by atoms with E-state index in [4.69, 9.17) is 0 Å². The smallest absolute Gasteiger partial charge is 0.257 e. The van der Waals surface area contributed by atoms with E-state index in [1.54, 1.807) is 6.07 Å². The number of anilines is 2. The Hall–Kier alpha value is -1.55. The first-order chi connectivity index (χ1) is 7.13. The third-order valence-corrected chi connectivity index (χ3v) is 2.75. The lowest BCUT2D eigenvalue weighted by atomic mass is 10.1. The number of nitrogens with zero attached hydrogens (tertiary/aromatic N) is 1. The van der Waals surface area contributed by atoms with E-state index >= 15 is 0 Å². The summed E-state index contributed by atoms with van der Waals surface area (Å²) in [4.78, 5) is 13.3. The lowest BCUT2D eigenvalue weighted by molar-refractivity contribution is -0.123. The third-order valence-electron chi connectivity index (χ3n) is 2.75. The Bertz CT molecular complexity index is 404. The molecule has 0 aliphatic carbocycles. The molecule has 1 unspecified atom stereocenters. The Balaban J connectivity index is 2.37. The van der Waals surface area contributed by atoms with Gasteiger partial charge in [-0.1, -0.05) is 6.07 Å². The van der Waals surface area contributed by atoms with Gasteiger partial charge in [-0.3, -0.25) is 4.79 Å². The van der Waals surface area contributed by atoms with E-state index in [9.17, 15) is 9.90 Å². The van der Waals surface area contributed by atoms with Gasteiger partial charge in [-0.15, -0.1) is 0 Å². The largest absolute Gasteiger partial charge is 0.378 e. The Morgan fingerprint density at radius 1 is 1.53 bits per heavy atom. The maximum Gasteiger partial charge on any atom is 0.257 e. The summed E-state index contributed by atoms with van der Waals surface area (Å²) in [6, 6.07) is 5.58. The number of nitrogens with one attached hydrogen (secondary N) is 1. The highest BCUT2D eigenvalue weighted by Gasteiger charge is 2.28. The van der Waals surface area contributed by atoms with Gasteiger partial charge in [-0.25, -0.2) is 0 Å². The monoisotopic (exact) mass is 206 g/mol. The number of carbonyl (C=O) groups excluding carboxylic acids is 1. The quantitative estimate of drug-likeness (QED) is 0.762. The summed E-state index contributed by atoms with van der Waals surface area (Å²) in [6.45, 7) is 2.95. The zero-order valence-electron chi connectivity index (χ0n) is 8.82.